The Morgan fingerprint density at radius 3 is 3.00 bits per heavy atom. The Morgan fingerprint density at radius 2 is 2.29 bits per heavy atom. The van der Waals surface area contributed by atoms with E-state index in [1.54, 1.807) is 0 Å². The number of halogens is 1. The van der Waals surface area contributed by atoms with Crippen molar-refractivity contribution in [1.82, 2.24) is 0 Å². The van der Waals surface area contributed by atoms with Crippen LogP contribution < -0.4 is 0 Å². The largest absolute Gasteiger partial charge is 0.281 e. The van der Waals surface area contributed by atoms with Gasteiger partial charge in [-0.2, -0.15) is 4.99 Å². The molecule has 0 fully saturated rings. The van der Waals surface area contributed by atoms with Gasteiger partial charge in [0.2, 0.25) is 0 Å². The molecule has 0 aromatic rings. The van der Waals surface area contributed by atoms with Crippen LogP contribution in [0.2, 0.25) is 0 Å². The summed E-state index contributed by atoms with van der Waals surface area (Å²) in [6.45, 7) is 0. The molecule has 0 spiro atoms. The van der Waals surface area contributed by atoms with Crippen molar-refractivity contribution in [3.05, 3.63) is 23.8 Å². The van der Waals surface area contributed by atoms with Crippen molar-refractivity contribution in [3.63, 3.8) is 0 Å². The molecule has 1 amide bonds. The maximum absolute atomic E-state index is 11.5. The van der Waals surface area contributed by atoms with Crippen LogP contribution in [-0.4, -0.2) is 27.9 Å². The van der Waals surface area contributed by atoms with E-state index in [9.17, 15) is 4.79 Å². The van der Waals surface area contributed by atoms with Gasteiger partial charge in [-0.1, -0.05) is 39.8 Å². The number of alkyl halides is 1. The zero-order chi connectivity index (χ0) is 10.1. The first-order chi connectivity index (χ1) is 6.70. The van der Waals surface area contributed by atoms with Crippen molar-refractivity contribution < 1.29 is 4.79 Å². The van der Waals surface area contributed by atoms with Crippen molar-refractivity contribution in [2.45, 2.75) is 4.83 Å². The molecule has 0 aromatic carbocycles. The fraction of sp³-hybridized carbons (Fsp3) is 0.222. The summed E-state index contributed by atoms with van der Waals surface area (Å²) in [7, 11) is 0. The highest BCUT2D eigenvalue weighted by molar-refractivity contribution is 9.09. The molecule has 5 heteroatoms. The van der Waals surface area contributed by atoms with Crippen molar-refractivity contribution >= 4 is 44.5 Å². The van der Waals surface area contributed by atoms with Gasteiger partial charge in [-0.25, -0.2) is 4.99 Å². The maximum atomic E-state index is 11.5. The topological polar surface area (TPSA) is 41.8 Å². The second-order valence-electron chi connectivity index (χ2n) is 2.78. The molecule has 0 radical (unpaired) electrons. The highest BCUT2D eigenvalue weighted by Gasteiger charge is 2.23. The number of rotatable bonds is 0. The summed E-state index contributed by atoms with van der Waals surface area (Å²) >= 11 is 4.76. The predicted molar refractivity (Wildman–Crippen MR) is 63.3 cm³/mol. The molecule has 14 heavy (non-hydrogen) atoms. The lowest BCUT2D eigenvalue weighted by molar-refractivity contribution is -0.113. The average molecular weight is 271 g/mol. The summed E-state index contributed by atoms with van der Waals surface area (Å²) in [5.41, 5.74) is 1.30. The Balaban J connectivity index is 2.42. The molecule has 2 rings (SSSR count). The minimum Gasteiger partial charge on any atom is -0.267 e. The van der Waals surface area contributed by atoms with Crippen molar-refractivity contribution in [1.29, 1.82) is 0 Å². The highest BCUT2D eigenvalue weighted by atomic mass is 79.9. The number of thioether (sulfide) groups is 1. The molecule has 0 N–H and O–H groups in total. The van der Waals surface area contributed by atoms with Gasteiger partial charge in [0.1, 0.15) is 0 Å². The van der Waals surface area contributed by atoms with Gasteiger partial charge >= 0.3 is 0 Å². The monoisotopic (exact) mass is 270 g/mol. The van der Waals surface area contributed by atoms with Gasteiger partial charge in [0.25, 0.3) is 5.91 Å². The second kappa shape index (κ2) is 3.82. The minimum absolute atomic E-state index is 0.103. The molecule has 0 aromatic heterocycles. The Morgan fingerprint density at radius 1 is 1.50 bits per heavy atom. The van der Waals surface area contributed by atoms with E-state index in [1.807, 2.05) is 24.5 Å². The summed E-state index contributed by atoms with van der Waals surface area (Å²) < 4.78 is 0. The average Bonchev–Trinajstić information content (AvgIpc) is 2.19. The molecule has 1 atom stereocenters. The highest BCUT2D eigenvalue weighted by Crippen LogP contribution is 2.21. The van der Waals surface area contributed by atoms with Crippen LogP contribution in [0.3, 0.4) is 0 Å². The fourth-order valence-electron chi connectivity index (χ4n) is 1.22. The molecule has 2 aliphatic rings. The summed E-state index contributed by atoms with van der Waals surface area (Å²) in [6, 6.07) is 0. The van der Waals surface area contributed by atoms with Gasteiger partial charge in [-0.3, -0.25) is 4.79 Å². The van der Waals surface area contributed by atoms with Gasteiger partial charge in [0, 0.05) is 0 Å². The summed E-state index contributed by atoms with van der Waals surface area (Å²) in [5, 5.41) is 0.528. The molecule has 3 nitrogen and oxygen atoms in total. The zero-order valence-electron chi connectivity index (χ0n) is 7.40. The van der Waals surface area contributed by atoms with Gasteiger partial charge < -0.3 is 0 Å². The van der Waals surface area contributed by atoms with Crippen LogP contribution in [0.1, 0.15) is 0 Å². The second-order valence-corrected chi connectivity index (χ2v) is 4.62. The number of fused-ring (bicyclic) bond motifs is 1. The summed E-state index contributed by atoms with van der Waals surface area (Å²) in [6.07, 6.45) is 7.46. The van der Waals surface area contributed by atoms with Gasteiger partial charge in [-0.15, -0.1) is 0 Å². The van der Waals surface area contributed by atoms with Crippen molar-refractivity contribution in [2.24, 2.45) is 9.98 Å². The lowest BCUT2D eigenvalue weighted by atomic mass is 10.0. The van der Waals surface area contributed by atoms with Crippen LogP contribution in [0.5, 0.6) is 0 Å². The molecular formula is C9H7BrN2OS. The molecule has 1 unspecified atom stereocenters. The molecule has 1 heterocycles. The summed E-state index contributed by atoms with van der Waals surface area (Å²) in [4.78, 5) is 19.7. The van der Waals surface area contributed by atoms with Crippen LogP contribution in [-0.2, 0) is 4.79 Å². The van der Waals surface area contributed by atoms with E-state index in [1.165, 1.54) is 11.8 Å². The molecule has 0 saturated heterocycles. The van der Waals surface area contributed by atoms with E-state index >= 15 is 0 Å². The first kappa shape index (κ1) is 9.86. The third-order valence-electron chi connectivity index (χ3n) is 1.87. The number of allylic oxidation sites excluding steroid dienone is 3. The Hall–Kier alpha value is -0.680. The summed E-state index contributed by atoms with van der Waals surface area (Å²) in [5.74, 6) is -0.201. The number of hydrogen-bond acceptors (Lipinski definition) is 3. The molecule has 0 bridgehead atoms. The standard InChI is InChI=1S/C9H7BrN2OS/c1-14-9-11-7-3-2-5(10)4-6(7)8(13)12-9/h2-5H,1H3. The Bertz CT molecular complexity index is 409. The number of hydrogen-bond donors (Lipinski definition) is 0. The van der Waals surface area contributed by atoms with Crippen molar-refractivity contribution in [2.75, 3.05) is 6.26 Å². The van der Waals surface area contributed by atoms with Gasteiger partial charge in [-0.05, 0) is 12.3 Å². The van der Waals surface area contributed by atoms with Gasteiger partial charge in [0.15, 0.2) is 5.17 Å². The van der Waals surface area contributed by atoms with E-state index in [2.05, 4.69) is 25.9 Å². The predicted octanol–water partition coefficient (Wildman–Crippen LogP) is 1.95. The van der Waals surface area contributed by atoms with E-state index in [0.717, 1.165) is 0 Å². The van der Waals surface area contributed by atoms with Crippen LogP contribution in [0.4, 0.5) is 0 Å². The van der Waals surface area contributed by atoms with E-state index in [-0.39, 0.29) is 10.7 Å². The molecule has 1 aliphatic heterocycles. The van der Waals surface area contributed by atoms with E-state index in [0.29, 0.717) is 16.5 Å². The SMILES string of the molecule is CSC1=NC(=O)C2=CC(Br)C=CC2=N1. The first-order valence-electron chi connectivity index (χ1n) is 4.01. The maximum Gasteiger partial charge on any atom is 0.281 e. The fourth-order valence-corrected chi connectivity index (χ4v) is 2.00. The Labute approximate surface area is 94.2 Å². The zero-order valence-corrected chi connectivity index (χ0v) is 9.80. The molecule has 0 saturated carbocycles. The third kappa shape index (κ3) is 1.74. The molecule has 72 valence electrons. The minimum atomic E-state index is -0.201. The molecule has 1 aliphatic carbocycles. The lowest BCUT2D eigenvalue weighted by Gasteiger charge is -2.14. The number of amidine groups is 1. The quantitative estimate of drug-likeness (QED) is 0.632. The van der Waals surface area contributed by atoms with Crippen LogP contribution >= 0.6 is 27.7 Å². The van der Waals surface area contributed by atoms with E-state index < -0.39 is 0 Å². The van der Waals surface area contributed by atoms with Crippen LogP contribution in [0.25, 0.3) is 0 Å². The number of nitrogens with zero attached hydrogens (tertiary/aromatic N) is 2. The number of amides is 1. The smallest absolute Gasteiger partial charge is 0.267 e. The first-order valence-corrected chi connectivity index (χ1v) is 6.15. The third-order valence-corrected chi connectivity index (χ3v) is 2.98. The number of aliphatic imine (C=N–C) groups is 2. The van der Waals surface area contributed by atoms with Crippen molar-refractivity contribution in [3.8, 4) is 0 Å². The number of carbonyl (C=O) groups excluding carboxylic acids is 1. The molecular weight excluding hydrogens is 264 g/mol. The number of carbonyl (C=O) groups is 1. The van der Waals surface area contributed by atoms with Gasteiger partial charge in [0.05, 0.1) is 16.1 Å². The van der Waals surface area contributed by atoms with E-state index in [4.69, 9.17) is 0 Å². The van der Waals surface area contributed by atoms with Crippen LogP contribution in [0, 0.1) is 0 Å². The lowest BCUT2D eigenvalue weighted by Crippen LogP contribution is -2.20. The Kier molecular flexibility index (Phi) is 2.69. The normalized spacial score (nSPS) is 25.1. The van der Waals surface area contributed by atoms with Crippen LogP contribution in [0.15, 0.2) is 33.8 Å².